The first-order valence-corrected chi connectivity index (χ1v) is 7.83. The van der Waals surface area contributed by atoms with E-state index in [1.54, 1.807) is 11.0 Å². The number of rotatable bonds is 2. The first-order valence-electron chi connectivity index (χ1n) is 7.83. The summed E-state index contributed by atoms with van der Waals surface area (Å²) in [5, 5.41) is 0.545. The number of fused-ring (bicyclic) bond motifs is 1. The zero-order valence-electron chi connectivity index (χ0n) is 13.7. The van der Waals surface area contributed by atoms with Crippen LogP contribution in [0.15, 0.2) is 29.3 Å². The number of ether oxygens (including phenoxy) is 1. The predicted octanol–water partition coefficient (Wildman–Crippen LogP) is 1.34. The first-order chi connectivity index (χ1) is 11.0. The molecule has 6 heteroatoms. The Hall–Kier alpha value is -2.21. The molecular formula is C17H21N3O3. The Bertz CT molecular complexity index is 789. The van der Waals surface area contributed by atoms with E-state index in [2.05, 4.69) is 4.98 Å². The van der Waals surface area contributed by atoms with E-state index < -0.39 is 0 Å². The molecule has 0 bridgehead atoms. The Balaban J connectivity index is 1.85. The van der Waals surface area contributed by atoms with Gasteiger partial charge in [0, 0.05) is 13.1 Å². The molecule has 0 saturated carbocycles. The van der Waals surface area contributed by atoms with E-state index in [4.69, 9.17) is 4.74 Å². The largest absolute Gasteiger partial charge is 0.372 e. The quantitative estimate of drug-likeness (QED) is 0.839. The van der Waals surface area contributed by atoms with Crippen LogP contribution in [0.5, 0.6) is 0 Å². The SMILES string of the molecule is Cc1cccc2c(=O)n(CC(=O)N3C[C@H](C)O[C@@H](C)C3)cnc12. The Labute approximate surface area is 134 Å². The van der Waals surface area contributed by atoms with Crippen molar-refractivity contribution in [1.82, 2.24) is 14.5 Å². The molecule has 3 rings (SSSR count). The van der Waals surface area contributed by atoms with Crippen LogP contribution in [0.25, 0.3) is 10.9 Å². The van der Waals surface area contributed by atoms with Gasteiger partial charge < -0.3 is 9.64 Å². The third-order valence-corrected chi connectivity index (χ3v) is 4.13. The molecule has 0 radical (unpaired) electrons. The summed E-state index contributed by atoms with van der Waals surface area (Å²) >= 11 is 0. The molecule has 0 spiro atoms. The van der Waals surface area contributed by atoms with Gasteiger partial charge in [-0.05, 0) is 32.4 Å². The fourth-order valence-corrected chi connectivity index (χ4v) is 3.08. The van der Waals surface area contributed by atoms with Gasteiger partial charge in [-0.2, -0.15) is 0 Å². The number of morpholine rings is 1. The van der Waals surface area contributed by atoms with Gasteiger partial charge in [0.15, 0.2) is 0 Å². The number of nitrogens with zero attached hydrogens (tertiary/aromatic N) is 3. The van der Waals surface area contributed by atoms with Crippen molar-refractivity contribution in [2.75, 3.05) is 13.1 Å². The third-order valence-electron chi connectivity index (χ3n) is 4.13. The molecule has 23 heavy (non-hydrogen) atoms. The van der Waals surface area contributed by atoms with Crippen LogP contribution in [-0.4, -0.2) is 45.7 Å². The normalized spacial score (nSPS) is 21.6. The number of amides is 1. The number of carbonyl (C=O) groups is 1. The zero-order valence-corrected chi connectivity index (χ0v) is 13.7. The van der Waals surface area contributed by atoms with E-state index >= 15 is 0 Å². The average molecular weight is 315 g/mol. The van der Waals surface area contributed by atoms with Crippen LogP contribution in [0.2, 0.25) is 0 Å². The number of hydrogen-bond donors (Lipinski definition) is 0. The van der Waals surface area contributed by atoms with Crippen molar-refractivity contribution in [3.05, 3.63) is 40.4 Å². The molecule has 1 amide bonds. The maximum Gasteiger partial charge on any atom is 0.261 e. The number of benzene rings is 1. The van der Waals surface area contributed by atoms with Crippen LogP contribution >= 0.6 is 0 Å². The highest BCUT2D eigenvalue weighted by atomic mass is 16.5. The highest BCUT2D eigenvalue weighted by Gasteiger charge is 2.26. The Morgan fingerprint density at radius 3 is 2.70 bits per heavy atom. The van der Waals surface area contributed by atoms with Gasteiger partial charge in [0.2, 0.25) is 5.91 Å². The second kappa shape index (κ2) is 6.12. The van der Waals surface area contributed by atoms with Crippen LogP contribution < -0.4 is 5.56 Å². The lowest BCUT2D eigenvalue weighted by molar-refractivity contribution is -0.143. The summed E-state index contributed by atoms with van der Waals surface area (Å²) in [5.74, 6) is -0.0806. The first kappa shape index (κ1) is 15.7. The summed E-state index contributed by atoms with van der Waals surface area (Å²) in [5.41, 5.74) is 1.46. The molecule has 0 N–H and O–H groups in total. The highest BCUT2D eigenvalue weighted by Crippen LogP contribution is 2.13. The van der Waals surface area contributed by atoms with Gasteiger partial charge in [-0.15, -0.1) is 0 Å². The Morgan fingerprint density at radius 2 is 2.00 bits per heavy atom. The third kappa shape index (κ3) is 3.12. The monoisotopic (exact) mass is 315 g/mol. The summed E-state index contributed by atoms with van der Waals surface area (Å²) in [6, 6.07) is 5.50. The van der Waals surface area contributed by atoms with Crippen molar-refractivity contribution >= 4 is 16.8 Å². The van der Waals surface area contributed by atoms with Crippen LogP contribution in [0, 0.1) is 6.92 Å². The molecule has 1 fully saturated rings. The van der Waals surface area contributed by atoms with Crippen molar-refractivity contribution in [2.24, 2.45) is 0 Å². The fourth-order valence-electron chi connectivity index (χ4n) is 3.08. The number of hydrogen-bond acceptors (Lipinski definition) is 4. The van der Waals surface area contributed by atoms with Crippen LogP contribution in [0.3, 0.4) is 0 Å². The molecule has 1 aliphatic heterocycles. The van der Waals surface area contributed by atoms with E-state index in [1.165, 1.54) is 10.9 Å². The number of aromatic nitrogens is 2. The summed E-state index contributed by atoms with van der Waals surface area (Å²) in [6.45, 7) is 6.93. The molecule has 1 aromatic carbocycles. The molecular weight excluding hydrogens is 294 g/mol. The van der Waals surface area contributed by atoms with Gasteiger partial charge >= 0.3 is 0 Å². The topological polar surface area (TPSA) is 64.4 Å². The smallest absolute Gasteiger partial charge is 0.261 e. The van der Waals surface area contributed by atoms with Crippen LogP contribution in [-0.2, 0) is 16.1 Å². The summed E-state index contributed by atoms with van der Waals surface area (Å²) in [6.07, 6.45) is 1.48. The molecule has 2 heterocycles. The van der Waals surface area contributed by atoms with Gasteiger partial charge in [0.05, 0.1) is 29.4 Å². The molecule has 0 aliphatic carbocycles. The van der Waals surface area contributed by atoms with Gasteiger partial charge in [0.1, 0.15) is 6.54 Å². The predicted molar refractivity (Wildman–Crippen MR) is 87.3 cm³/mol. The Morgan fingerprint density at radius 1 is 1.30 bits per heavy atom. The minimum atomic E-state index is -0.179. The van der Waals surface area contributed by atoms with Crippen molar-refractivity contribution in [2.45, 2.75) is 39.5 Å². The molecule has 1 saturated heterocycles. The molecule has 2 aromatic rings. The lowest BCUT2D eigenvalue weighted by Crippen LogP contribution is -2.49. The average Bonchev–Trinajstić information content (AvgIpc) is 2.49. The van der Waals surface area contributed by atoms with E-state index in [9.17, 15) is 9.59 Å². The zero-order chi connectivity index (χ0) is 16.6. The van der Waals surface area contributed by atoms with Crippen molar-refractivity contribution < 1.29 is 9.53 Å². The highest BCUT2D eigenvalue weighted by molar-refractivity contribution is 5.81. The summed E-state index contributed by atoms with van der Waals surface area (Å²) < 4.78 is 7.02. The second-order valence-electron chi connectivity index (χ2n) is 6.20. The molecule has 1 aromatic heterocycles. The summed E-state index contributed by atoms with van der Waals surface area (Å²) in [4.78, 5) is 31.1. The van der Waals surface area contributed by atoms with Crippen molar-refractivity contribution in [3.8, 4) is 0 Å². The summed E-state index contributed by atoms with van der Waals surface area (Å²) in [7, 11) is 0. The van der Waals surface area contributed by atoms with Crippen LogP contribution in [0.1, 0.15) is 19.4 Å². The molecule has 6 nitrogen and oxygen atoms in total. The molecule has 2 atom stereocenters. The van der Waals surface area contributed by atoms with E-state index in [-0.39, 0.29) is 30.2 Å². The van der Waals surface area contributed by atoms with Crippen molar-refractivity contribution in [3.63, 3.8) is 0 Å². The fraction of sp³-hybridized carbons (Fsp3) is 0.471. The number of para-hydroxylation sites is 1. The lowest BCUT2D eigenvalue weighted by atomic mass is 10.1. The van der Waals surface area contributed by atoms with E-state index in [0.717, 1.165) is 5.56 Å². The molecule has 122 valence electrons. The minimum absolute atomic E-state index is 0.00908. The van der Waals surface area contributed by atoms with Crippen LogP contribution in [0.4, 0.5) is 0 Å². The Kier molecular flexibility index (Phi) is 4.17. The number of aryl methyl sites for hydroxylation is 1. The maximum absolute atomic E-state index is 12.6. The number of carbonyl (C=O) groups excluding carboxylic acids is 1. The molecule has 1 aliphatic rings. The second-order valence-corrected chi connectivity index (χ2v) is 6.20. The van der Waals surface area contributed by atoms with Gasteiger partial charge in [-0.3, -0.25) is 14.2 Å². The lowest BCUT2D eigenvalue weighted by Gasteiger charge is -2.35. The van der Waals surface area contributed by atoms with E-state index in [0.29, 0.717) is 24.0 Å². The van der Waals surface area contributed by atoms with Gasteiger partial charge in [-0.25, -0.2) is 4.98 Å². The maximum atomic E-state index is 12.6. The minimum Gasteiger partial charge on any atom is -0.372 e. The van der Waals surface area contributed by atoms with E-state index in [1.807, 2.05) is 32.9 Å². The molecule has 0 unspecified atom stereocenters. The van der Waals surface area contributed by atoms with Crippen molar-refractivity contribution in [1.29, 1.82) is 0 Å². The van der Waals surface area contributed by atoms with Gasteiger partial charge in [-0.1, -0.05) is 12.1 Å². The standard InChI is InChI=1S/C17H21N3O3/c1-11-5-4-6-14-16(11)18-10-20(17(14)22)9-15(21)19-7-12(2)23-13(3)8-19/h4-6,10,12-13H,7-9H2,1-3H3/t12-,13-/m0/s1. The van der Waals surface area contributed by atoms with Gasteiger partial charge in [0.25, 0.3) is 5.56 Å².